The number of carbonyl (C=O) groups excluding carboxylic acids is 1. The van der Waals surface area contributed by atoms with Gasteiger partial charge < -0.3 is 0 Å². The number of amides is 1. The van der Waals surface area contributed by atoms with Crippen LogP contribution in [0.2, 0.25) is 5.02 Å². The molecule has 3 rings (SSSR count). The monoisotopic (exact) mass is 382 g/mol. The molecule has 0 radical (unpaired) electrons. The molecule has 128 valence electrons. The van der Waals surface area contributed by atoms with Crippen molar-refractivity contribution in [3.8, 4) is 0 Å². The van der Waals surface area contributed by atoms with Gasteiger partial charge in [-0.3, -0.25) is 10.1 Å². The number of nitrogens with zero attached hydrogens (tertiary/aromatic N) is 1. The van der Waals surface area contributed by atoms with Crippen molar-refractivity contribution in [3.63, 3.8) is 0 Å². The highest BCUT2D eigenvalue weighted by Crippen LogP contribution is 2.24. The number of nitrogens with one attached hydrogen (secondary N) is 1. The summed E-state index contributed by atoms with van der Waals surface area (Å²) in [6.07, 6.45) is 2.01. The van der Waals surface area contributed by atoms with Crippen molar-refractivity contribution in [1.29, 1.82) is 0 Å². The molecule has 3 nitrogen and oxygen atoms in total. The first-order chi connectivity index (χ1) is 11.9. The first-order valence-corrected chi connectivity index (χ1v) is 8.27. The molecule has 0 aliphatic carbocycles. The van der Waals surface area contributed by atoms with E-state index < -0.39 is 17.5 Å². The number of hydrogen-bond donors (Lipinski definition) is 1. The van der Waals surface area contributed by atoms with E-state index in [-0.39, 0.29) is 21.5 Å². The molecule has 2 aromatic carbocycles. The summed E-state index contributed by atoms with van der Waals surface area (Å²) < 4.78 is 39.5. The molecule has 0 fully saturated rings. The van der Waals surface area contributed by atoms with Gasteiger partial charge in [0.05, 0.1) is 10.6 Å². The first-order valence-electron chi connectivity index (χ1n) is 7.07. The van der Waals surface area contributed by atoms with E-state index in [0.29, 0.717) is 6.42 Å². The maximum atomic E-state index is 13.3. The van der Waals surface area contributed by atoms with E-state index in [9.17, 15) is 18.0 Å². The lowest BCUT2D eigenvalue weighted by molar-refractivity contribution is 0.102. The number of halogens is 4. The predicted molar refractivity (Wildman–Crippen MR) is 90.6 cm³/mol. The molecule has 1 amide bonds. The molecule has 0 aliphatic rings. The predicted octanol–water partition coefficient (Wildman–Crippen LogP) is 5.06. The summed E-state index contributed by atoms with van der Waals surface area (Å²) in [6.45, 7) is 0. The lowest BCUT2D eigenvalue weighted by Gasteiger charge is -2.05. The molecule has 8 heteroatoms. The Hall–Kier alpha value is -2.38. The Morgan fingerprint density at radius 1 is 1.16 bits per heavy atom. The Morgan fingerprint density at radius 3 is 2.68 bits per heavy atom. The molecule has 0 atom stereocenters. The van der Waals surface area contributed by atoms with Gasteiger partial charge >= 0.3 is 0 Å². The van der Waals surface area contributed by atoms with Crippen LogP contribution in [-0.4, -0.2) is 10.9 Å². The van der Waals surface area contributed by atoms with E-state index in [1.807, 2.05) is 0 Å². The third-order valence-corrected chi connectivity index (χ3v) is 4.52. The number of benzene rings is 2. The van der Waals surface area contributed by atoms with Crippen molar-refractivity contribution in [2.24, 2.45) is 0 Å². The standard InChI is InChI=1S/C17H10ClF3N2OS/c18-13-7-15(21)14(20)6-12(13)16(24)23-17-22-8-11(25-17)5-9-2-1-3-10(19)4-9/h1-4,6-8H,5H2,(H,22,23,24). The summed E-state index contributed by atoms with van der Waals surface area (Å²) in [5, 5.41) is 2.56. The quantitative estimate of drug-likeness (QED) is 0.641. The minimum Gasteiger partial charge on any atom is -0.298 e. The van der Waals surface area contributed by atoms with Gasteiger partial charge in [0, 0.05) is 17.5 Å². The average Bonchev–Trinajstić information content (AvgIpc) is 2.97. The second-order valence-electron chi connectivity index (χ2n) is 5.14. The van der Waals surface area contributed by atoms with Crippen LogP contribution in [0.4, 0.5) is 18.3 Å². The van der Waals surface area contributed by atoms with E-state index in [2.05, 4.69) is 10.3 Å². The summed E-state index contributed by atoms with van der Waals surface area (Å²) in [6, 6.07) is 7.63. The van der Waals surface area contributed by atoms with E-state index in [1.54, 1.807) is 18.3 Å². The zero-order valence-electron chi connectivity index (χ0n) is 12.5. The zero-order chi connectivity index (χ0) is 18.0. The largest absolute Gasteiger partial charge is 0.298 e. The fourth-order valence-corrected chi connectivity index (χ4v) is 3.23. The Balaban J connectivity index is 1.73. The highest BCUT2D eigenvalue weighted by molar-refractivity contribution is 7.15. The molecule has 1 aromatic heterocycles. The lowest BCUT2D eigenvalue weighted by Crippen LogP contribution is -2.13. The van der Waals surface area contributed by atoms with Crippen molar-refractivity contribution in [2.75, 3.05) is 5.32 Å². The van der Waals surface area contributed by atoms with Crippen molar-refractivity contribution in [3.05, 3.63) is 81.1 Å². The minimum absolute atomic E-state index is 0.192. The smallest absolute Gasteiger partial charge is 0.259 e. The van der Waals surface area contributed by atoms with E-state index in [1.165, 1.54) is 23.5 Å². The zero-order valence-corrected chi connectivity index (χ0v) is 14.1. The van der Waals surface area contributed by atoms with Gasteiger partial charge in [-0.1, -0.05) is 23.7 Å². The number of aromatic nitrogens is 1. The molecule has 0 bridgehead atoms. The number of hydrogen-bond acceptors (Lipinski definition) is 3. The van der Waals surface area contributed by atoms with Crippen LogP contribution in [0, 0.1) is 17.5 Å². The molecule has 0 unspecified atom stereocenters. The lowest BCUT2D eigenvalue weighted by atomic mass is 10.1. The molecule has 1 heterocycles. The SMILES string of the molecule is O=C(Nc1ncc(Cc2cccc(F)c2)s1)c1cc(F)c(F)cc1Cl. The van der Waals surface area contributed by atoms with Gasteiger partial charge in [0.2, 0.25) is 0 Å². The summed E-state index contributed by atoms with van der Waals surface area (Å²) >= 11 is 6.96. The van der Waals surface area contributed by atoms with Crippen molar-refractivity contribution in [1.82, 2.24) is 4.98 Å². The summed E-state index contributed by atoms with van der Waals surface area (Å²) in [5.74, 6) is -3.33. The Kier molecular flexibility index (Phi) is 5.06. The molecule has 25 heavy (non-hydrogen) atoms. The summed E-state index contributed by atoms with van der Waals surface area (Å²) in [4.78, 5) is 17.0. The molecular weight excluding hydrogens is 373 g/mol. The first kappa shape index (κ1) is 17.4. The third kappa shape index (κ3) is 4.18. The third-order valence-electron chi connectivity index (χ3n) is 3.30. The molecule has 3 aromatic rings. The number of carbonyl (C=O) groups is 1. The molecule has 0 saturated carbocycles. The van der Waals surface area contributed by atoms with E-state index in [0.717, 1.165) is 22.6 Å². The molecule has 0 spiro atoms. The van der Waals surface area contributed by atoms with Crippen LogP contribution in [0.25, 0.3) is 0 Å². The van der Waals surface area contributed by atoms with E-state index in [4.69, 9.17) is 11.6 Å². The van der Waals surface area contributed by atoms with Crippen LogP contribution in [-0.2, 0) is 6.42 Å². The van der Waals surface area contributed by atoms with Crippen molar-refractivity contribution < 1.29 is 18.0 Å². The van der Waals surface area contributed by atoms with Crippen LogP contribution < -0.4 is 5.32 Å². The number of anilines is 1. The van der Waals surface area contributed by atoms with Crippen LogP contribution >= 0.6 is 22.9 Å². The second-order valence-corrected chi connectivity index (χ2v) is 6.66. The fraction of sp³-hybridized carbons (Fsp3) is 0.0588. The summed E-state index contributed by atoms with van der Waals surface area (Å²) in [5.41, 5.74) is 0.577. The van der Waals surface area contributed by atoms with Gasteiger partial charge in [0.15, 0.2) is 16.8 Å². The second kappa shape index (κ2) is 7.25. The topological polar surface area (TPSA) is 42.0 Å². The highest BCUT2D eigenvalue weighted by atomic mass is 35.5. The number of rotatable bonds is 4. The maximum Gasteiger partial charge on any atom is 0.259 e. The Morgan fingerprint density at radius 2 is 1.92 bits per heavy atom. The van der Waals surface area contributed by atoms with Crippen LogP contribution in [0.3, 0.4) is 0 Å². The van der Waals surface area contributed by atoms with E-state index >= 15 is 0 Å². The van der Waals surface area contributed by atoms with Crippen molar-refractivity contribution in [2.45, 2.75) is 6.42 Å². The average molecular weight is 383 g/mol. The minimum atomic E-state index is -1.17. The van der Waals surface area contributed by atoms with Gasteiger partial charge in [-0.25, -0.2) is 18.2 Å². The van der Waals surface area contributed by atoms with Gasteiger partial charge in [0.25, 0.3) is 5.91 Å². The number of thiazole rings is 1. The van der Waals surface area contributed by atoms with Crippen LogP contribution in [0.15, 0.2) is 42.6 Å². The van der Waals surface area contributed by atoms with Gasteiger partial charge in [-0.15, -0.1) is 11.3 Å². The van der Waals surface area contributed by atoms with Gasteiger partial charge in [-0.05, 0) is 29.8 Å². The van der Waals surface area contributed by atoms with Crippen molar-refractivity contribution >= 4 is 34.0 Å². The Bertz CT molecular complexity index is 945. The highest BCUT2D eigenvalue weighted by Gasteiger charge is 2.16. The van der Waals surface area contributed by atoms with Gasteiger partial charge in [0.1, 0.15) is 5.82 Å². The molecule has 1 N–H and O–H groups in total. The van der Waals surface area contributed by atoms with Gasteiger partial charge in [-0.2, -0.15) is 0 Å². The van der Waals surface area contributed by atoms with Crippen LogP contribution in [0.5, 0.6) is 0 Å². The molecule has 0 saturated heterocycles. The van der Waals surface area contributed by atoms with Crippen LogP contribution in [0.1, 0.15) is 20.8 Å². The molecular formula is C17H10ClF3N2OS. The maximum absolute atomic E-state index is 13.3. The summed E-state index contributed by atoms with van der Waals surface area (Å²) in [7, 11) is 0. The Labute approximate surface area is 150 Å². The molecule has 0 aliphatic heterocycles. The fourth-order valence-electron chi connectivity index (χ4n) is 2.16. The normalized spacial score (nSPS) is 10.7.